The van der Waals surface area contributed by atoms with E-state index in [1.807, 2.05) is 0 Å². The Labute approximate surface area is 267 Å². The smallest absolute Gasteiger partial charge is 0.0279 e. The normalized spacial score (nSPS) is 11.5. The van der Waals surface area contributed by atoms with Gasteiger partial charge in [0.05, 0.1) is 0 Å². The van der Waals surface area contributed by atoms with Crippen molar-refractivity contribution in [1.82, 2.24) is 0 Å². The number of rotatable bonds is 33. The van der Waals surface area contributed by atoms with Crippen LogP contribution in [-0.2, 0) is 19.3 Å². The molecule has 1 rings (SSSR count). The average Bonchev–Trinajstić information content (AvgIpc) is 3.00. The monoisotopic (exact) mass is 582 g/mol. The molecule has 1 aromatic carbocycles. The van der Waals surface area contributed by atoms with Crippen LogP contribution >= 0.6 is 0 Å². The molecule has 0 fully saturated rings. The fraction of sp³-hybridized carbons (Fsp3) is 0.833. The Bertz CT molecular complexity index is 608. The van der Waals surface area contributed by atoms with E-state index in [1.165, 1.54) is 205 Å². The van der Waals surface area contributed by atoms with Gasteiger partial charge in [0.15, 0.2) is 0 Å². The van der Waals surface area contributed by atoms with E-state index in [1.54, 1.807) is 16.7 Å². The lowest BCUT2D eigenvalue weighted by atomic mass is 9.95. The van der Waals surface area contributed by atoms with Gasteiger partial charge in [-0.2, -0.15) is 0 Å². The zero-order valence-electron chi connectivity index (χ0n) is 29.3. The van der Waals surface area contributed by atoms with Crippen LogP contribution in [0.25, 0.3) is 0 Å². The summed E-state index contributed by atoms with van der Waals surface area (Å²) in [6, 6.07) is 7.59. The first-order valence-corrected chi connectivity index (χ1v) is 19.7. The molecule has 0 saturated heterocycles. The first-order chi connectivity index (χ1) is 20.8. The lowest BCUT2D eigenvalue weighted by Crippen LogP contribution is -1.96. The third-order valence-electron chi connectivity index (χ3n) is 9.47. The van der Waals surface area contributed by atoms with Crippen molar-refractivity contribution in [3.8, 4) is 0 Å². The van der Waals surface area contributed by atoms with Crippen LogP contribution in [0.1, 0.15) is 223 Å². The highest BCUT2D eigenvalue weighted by Gasteiger charge is 2.04. The van der Waals surface area contributed by atoms with E-state index in [2.05, 4.69) is 39.0 Å². The molecule has 0 aliphatic heterocycles. The van der Waals surface area contributed by atoms with E-state index >= 15 is 0 Å². The first kappa shape index (κ1) is 39.2. The van der Waals surface area contributed by atoms with E-state index in [0.717, 1.165) is 6.42 Å². The molecule has 0 aliphatic rings. The molecular weight excluding hydrogens is 504 g/mol. The van der Waals surface area contributed by atoms with Crippen molar-refractivity contribution >= 4 is 0 Å². The minimum atomic E-state index is 1.05. The molecule has 0 amide bonds. The lowest BCUT2D eigenvalue weighted by Gasteiger charge is -2.11. The first-order valence-electron chi connectivity index (χ1n) is 19.7. The SMILES string of the molecule is [CH2]CCCc1cc(CCCCCCCCCCCCCCCC)cc(CCCCCCCCCCCCCCCC)c1. The zero-order chi connectivity index (χ0) is 30.2. The van der Waals surface area contributed by atoms with Crippen molar-refractivity contribution in [2.45, 2.75) is 226 Å². The maximum atomic E-state index is 4.08. The molecule has 0 N–H and O–H groups in total. The van der Waals surface area contributed by atoms with E-state index in [-0.39, 0.29) is 0 Å². The molecule has 0 heterocycles. The largest absolute Gasteiger partial charge is 0.0654 e. The van der Waals surface area contributed by atoms with Crippen molar-refractivity contribution in [3.63, 3.8) is 0 Å². The van der Waals surface area contributed by atoms with Crippen LogP contribution < -0.4 is 0 Å². The van der Waals surface area contributed by atoms with E-state index in [0.29, 0.717) is 0 Å². The van der Waals surface area contributed by atoms with Crippen LogP contribution in [0.4, 0.5) is 0 Å². The molecule has 0 nitrogen and oxygen atoms in total. The summed E-state index contributed by atoms with van der Waals surface area (Å²) in [6.07, 6.45) is 46.4. The van der Waals surface area contributed by atoms with Crippen molar-refractivity contribution in [1.29, 1.82) is 0 Å². The minimum absolute atomic E-state index is 1.05. The summed E-state index contributed by atoms with van der Waals surface area (Å²) in [7, 11) is 0. The van der Waals surface area contributed by atoms with Crippen LogP contribution in [0.15, 0.2) is 18.2 Å². The number of unbranched alkanes of at least 4 members (excludes halogenated alkanes) is 27. The molecular formula is C42H77. The Morgan fingerprint density at radius 1 is 0.310 bits per heavy atom. The molecule has 0 heteroatoms. The van der Waals surface area contributed by atoms with Crippen molar-refractivity contribution in [2.75, 3.05) is 0 Å². The van der Waals surface area contributed by atoms with Crippen molar-refractivity contribution in [3.05, 3.63) is 41.8 Å². The Morgan fingerprint density at radius 2 is 0.524 bits per heavy atom. The fourth-order valence-electron chi connectivity index (χ4n) is 6.65. The van der Waals surface area contributed by atoms with E-state index in [9.17, 15) is 0 Å². The minimum Gasteiger partial charge on any atom is -0.0654 e. The van der Waals surface area contributed by atoms with Crippen LogP contribution in [0, 0.1) is 6.92 Å². The standard InChI is InChI=1S/C42H77/c1-4-7-10-12-14-16-18-20-22-24-26-28-30-32-35-41-37-40(34-9-6-3)38-42(39-41)36-33-31-29-27-25-23-21-19-17-15-13-11-8-5-2/h37-39H,3-36H2,1-2H3. The highest BCUT2D eigenvalue weighted by molar-refractivity contribution is 5.30. The molecule has 0 unspecified atom stereocenters. The summed E-state index contributed by atoms with van der Waals surface area (Å²) < 4.78 is 0. The lowest BCUT2D eigenvalue weighted by molar-refractivity contribution is 0.535. The average molecular weight is 582 g/mol. The predicted molar refractivity (Wildman–Crippen MR) is 193 cm³/mol. The van der Waals surface area contributed by atoms with Gasteiger partial charge in [0.2, 0.25) is 0 Å². The van der Waals surface area contributed by atoms with Crippen LogP contribution in [-0.4, -0.2) is 0 Å². The molecule has 0 saturated carbocycles. The summed E-state index contributed by atoms with van der Waals surface area (Å²) in [6.45, 7) is 8.70. The summed E-state index contributed by atoms with van der Waals surface area (Å²) in [4.78, 5) is 0. The molecule has 42 heavy (non-hydrogen) atoms. The van der Waals surface area contributed by atoms with Crippen molar-refractivity contribution in [2.24, 2.45) is 0 Å². The zero-order valence-corrected chi connectivity index (χ0v) is 29.3. The van der Waals surface area contributed by atoms with Gasteiger partial charge in [-0.1, -0.05) is 212 Å². The molecule has 0 aliphatic carbocycles. The second-order valence-electron chi connectivity index (χ2n) is 13.8. The molecule has 0 atom stereocenters. The summed E-state index contributed by atoms with van der Waals surface area (Å²) in [5.41, 5.74) is 4.79. The number of hydrogen-bond donors (Lipinski definition) is 0. The maximum Gasteiger partial charge on any atom is -0.0279 e. The molecule has 1 aromatic rings. The van der Waals surface area contributed by atoms with Gasteiger partial charge in [-0.15, -0.1) is 0 Å². The van der Waals surface area contributed by atoms with Crippen LogP contribution in [0.2, 0.25) is 0 Å². The van der Waals surface area contributed by atoms with E-state index < -0.39 is 0 Å². The Hall–Kier alpha value is -0.780. The second-order valence-corrected chi connectivity index (χ2v) is 13.8. The maximum absolute atomic E-state index is 4.08. The van der Waals surface area contributed by atoms with Crippen molar-refractivity contribution < 1.29 is 0 Å². The Kier molecular flexibility index (Phi) is 29.6. The summed E-state index contributed by atoms with van der Waals surface area (Å²) in [5, 5.41) is 0. The van der Waals surface area contributed by atoms with E-state index in [4.69, 9.17) is 0 Å². The second kappa shape index (κ2) is 31.6. The highest BCUT2D eigenvalue weighted by atomic mass is 14.1. The number of benzene rings is 1. The van der Waals surface area contributed by atoms with Gasteiger partial charge in [0.25, 0.3) is 0 Å². The summed E-state index contributed by atoms with van der Waals surface area (Å²) in [5.74, 6) is 0. The number of hydrogen-bond acceptors (Lipinski definition) is 0. The quantitative estimate of drug-likeness (QED) is 0.0724. The Morgan fingerprint density at radius 3 is 0.762 bits per heavy atom. The van der Waals surface area contributed by atoms with Gasteiger partial charge in [-0.3, -0.25) is 0 Å². The molecule has 0 aromatic heterocycles. The molecule has 245 valence electrons. The Balaban J connectivity index is 2.11. The number of aryl methyl sites for hydroxylation is 3. The molecule has 1 radical (unpaired) electrons. The topological polar surface area (TPSA) is 0 Å². The predicted octanol–water partition coefficient (Wildman–Crippen LogP) is 14.9. The third-order valence-corrected chi connectivity index (χ3v) is 9.47. The third kappa shape index (κ3) is 25.7. The van der Waals surface area contributed by atoms with Crippen LogP contribution in [0.5, 0.6) is 0 Å². The van der Waals surface area contributed by atoms with Gasteiger partial charge in [-0.05, 0) is 55.2 Å². The van der Waals surface area contributed by atoms with Gasteiger partial charge < -0.3 is 0 Å². The highest BCUT2D eigenvalue weighted by Crippen LogP contribution is 2.20. The van der Waals surface area contributed by atoms with Crippen LogP contribution in [0.3, 0.4) is 0 Å². The molecule has 0 spiro atoms. The fourth-order valence-corrected chi connectivity index (χ4v) is 6.65. The molecule has 0 bridgehead atoms. The van der Waals surface area contributed by atoms with Gasteiger partial charge in [0.1, 0.15) is 0 Å². The van der Waals surface area contributed by atoms with Gasteiger partial charge >= 0.3 is 0 Å². The summed E-state index contributed by atoms with van der Waals surface area (Å²) >= 11 is 0. The van der Waals surface area contributed by atoms with Gasteiger partial charge in [-0.25, -0.2) is 0 Å². The van der Waals surface area contributed by atoms with Gasteiger partial charge in [0, 0.05) is 0 Å².